The van der Waals surface area contributed by atoms with Crippen LogP contribution in [0, 0.1) is 5.92 Å². The maximum Gasteiger partial charge on any atom is 0.0337 e. The van der Waals surface area contributed by atoms with Gasteiger partial charge in [-0.2, -0.15) is 23.5 Å². The van der Waals surface area contributed by atoms with E-state index >= 15 is 0 Å². The molecule has 1 saturated carbocycles. The molecule has 1 heterocycles. The first-order valence-electron chi connectivity index (χ1n) is 5.55. The standard InChI is InChI=1S/C10H20N2S2/c11-12-9(4-3-8-1-2-8)10-7-13-5-6-14-10/h8-10,12H,1-7,11H2. The molecule has 0 amide bonds. The van der Waals surface area contributed by atoms with E-state index in [2.05, 4.69) is 28.9 Å². The molecule has 0 aromatic carbocycles. The number of nitrogens with one attached hydrogen (secondary N) is 1. The first kappa shape index (κ1) is 11.1. The minimum atomic E-state index is 0.549. The van der Waals surface area contributed by atoms with E-state index in [0.717, 1.165) is 11.2 Å². The van der Waals surface area contributed by atoms with Crippen molar-refractivity contribution in [1.82, 2.24) is 5.43 Å². The van der Waals surface area contributed by atoms with Crippen molar-refractivity contribution in [2.24, 2.45) is 11.8 Å². The summed E-state index contributed by atoms with van der Waals surface area (Å²) >= 11 is 4.18. The molecule has 3 N–H and O–H groups in total. The molecule has 2 unspecified atom stereocenters. The molecule has 2 atom stereocenters. The minimum Gasteiger partial charge on any atom is -0.271 e. The zero-order valence-electron chi connectivity index (χ0n) is 8.58. The Labute approximate surface area is 95.1 Å². The van der Waals surface area contributed by atoms with Crippen molar-refractivity contribution < 1.29 is 0 Å². The largest absolute Gasteiger partial charge is 0.271 e. The van der Waals surface area contributed by atoms with E-state index < -0.39 is 0 Å². The number of rotatable bonds is 5. The summed E-state index contributed by atoms with van der Waals surface area (Å²) in [6.45, 7) is 0. The zero-order valence-corrected chi connectivity index (χ0v) is 10.2. The third-order valence-corrected chi connectivity index (χ3v) is 6.01. The van der Waals surface area contributed by atoms with Crippen LogP contribution in [-0.2, 0) is 0 Å². The number of nitrogens with two attached hydrogens (primary N) is 1. The third kappa shape index (κ3) is 3.33. The Morgan fingerprint density at radius 1 is 1.36 bits per heavy atom. The van der Waals surface area contributed by atoms with Crippen molar-refractivity contribution in [3.05, 3.63) is 0 Å². The van der Waals surface area contributed by atoms with Crippen LogP contribution in [0.4, 0.5) is 0 Å². The molecule has 2 fully saturated rings. The highest BCUT2D eigenvalue weighted by molar-refractivity contribution is 8.06. The van der Waals surface area contributed by atoms with Gasteiger partial charge in [0.05, 0.1) is 0 Å². The van der Waals surface area contributed by atoms with E-state index in [1.165, 1.54) is 42.9 Å². The minimum absolute atomic E-state index is 0.549. The molecule has 82 valence electrons. The van der Waals surface area contributed by atoms with Gasteiger partial charge in [0, 0.05) is 28.6 Å². The summed E-state index contributed by atoms with van der Waals surface area (Å²) in [5.41, 5.74) is 3.02. The van der Waals surface area contributed by atoms with Crippen molar-refractivity contribution in [2.45, 2.75) is 37.0 Å². The SMILES string of the molecule is NNC(CCC1CC1)C1CSCCS1. The van der Waals surface area contributed by atoms with E-state index in [0.29, 0.717) is 6.04 Å². The normalized spacial score (nSPS) is 30.2. The Bertz CT molecular complexity index is 168. The summed E-state index contributed by atoms with van der Waals surface area (Å²) in [6.07, 6.45) is 5.59. The van der Waals surface area contributed by atoms with Gasteiger partial charge in [-0.25, -0.2) is 0 Å². The van der Waals surface area contributed by atoms with E-state index in [-0.39, 0.29) is 0 Å². The van der Waals surface area contributed by atoms with Crippen LogP contribution < -0.4 is 11.3 Å². The zero-order chi connectivity index (χ0) is 9.80. The van der Waals surface area contributed by atoms with Crippen LogP contribution in [0.25, 0.3) is 0 Å². The molecule has 14 heavy (non-hydrogen) atoms. The van der Waals surface area contributed by atoms with Crippen LogP contribution in [0.1, 0.15) is 25.7 Å². The van der Waals surface area contributed by atoms with Gasteiger partial charge >= 0.3 is 0 Å². The average Bonchev–Trinajstić information content (AvgIpc) is 3.04. The molecule has 2 nitrogen and oxygen atoms in total. The van der Waals surface area contributed by atoms with Gasteiger partial charge in [-0.15, -0.1) is 0 Å². The first-order chi connectivity index (χ1) is 6.90. The predicted octanol–water partition coefficient (Wildman–Crippen LogP) is 1.86. The lowest BCUT2D eigenvalue weighted by atomic mass is 10.1. The molecule has 0 aromatic heterocycles. The molecule has 4 heteroatoms. The second-order valence-corrected chi connectivity index (χ2v) is 6.77. The summed E-state index contributed by atoms with van der Waals surface area (Å²) in [5.74, 6) is 10.6. The Morgan fingerprint density at radius 2 is 2.21 bits per heavy atom. The van der Waals surface area contributed by atoms with Gasteiger partial charge in [-0.05, 0) is 18.8 Å². The van der Waals surface area contributed by atoms with Gasteiger partial charge in [-0.1, -0.05) is 12.8 Å². The Morgan fingerprint density at radius 3 is 2.79 bits per heavy atom. The number of hydrogen-bond acceptors (Lipinski definition) is 4. The molecule has 1 aliphatic heterocycles. The van der Waals surface area contributed by atoms with Crippen LogP contribution in [0.2, 0.25) is 0 Å². The molecular formula is C10H20N2S2. The first-order valence-corrected chi connectivity index (χ1v) is 7.76. The third-order valence-electron chi connectivity index (χ3n) is 3.09. The predicted molar refractivity (Wildman–Crippen MR) is 66.6 cm³/mol. The lowest BCUT2D eigenvalue weighted by Crippen LogP contribution is -2.44. The van der Waals surface area contributed by atoms with Gasteiger partial charge in [-0.3, -0.25) is 11.3 Å². The molecule has 2 aliphatic rings. The van der Waals surface area contributed by atoms with Crippen molar-refractivity contribution in [3.8, 4) is 0 Å². The fourth-order valence-electron chi connectivity index (χ4n) is 1.94. The molecule has 1 saturated heterocycles. The fourth-order valence-corrected chi connectivity index (χ4v) is 4.85. The molecule has 1 aliphatic carbocycles. The van der Waals surface area contributed by atoms with Crippen molar-refractivity contribution in [1.29, 1.82) is 0 Å². The molecule has 0 spiro atoms. The molecule has 0 radical (unpaired) electrons. The summed E-state index contributed by atoms with van der Waals surface area (Å²) < 4.78 is 0. The highest BCUT2D eigenvalue weighted by Gasteiger charge is 2.27. The second kappa shape index (κ2) is 5.64. The quantitative estimate of drug-likeness (QED) is 0.560. The molecule has 2 rings (SSSR count). The monoisotopic (exact) mass is 232 g/mol. The summed E-state index contributed by atoms with van der Waals surface area (Å²) in [4.78, 5) is 0. The lowest BCUT2D eigenvalue weighted by Gasteiger charge is -2.29. The Kier molecular flexibility index (Phi) is 4.47. The Hall–Kier alpha value is 0.620. The van der Waals surface area contributed by atoms with Gasteiger partial charge in [0.15, 0.2) is 0 Å². The highest BCUT2D eigenvalue weighted by atomic mass is 32.2. The van der Waals surface area contributed by atoms with Gasteiger partial charge < -0.3 is 0 Å². The number of hydrazine groups is 1. The van der Waals surface area contributed by atoms with Crippen LogP contribution in [0.15, 0.2) is 0 Å². The van der Waals surface area contributed by atoms with Crippen LogP contribution in [0.5, 0.6) is 0 Å². The van der Waals surface area contributed by atoms with Crippen molar-refractivity contribution in [2.75, 3.05) is 17.3 Å². The van der Waals surface area contributed by atoms with Crippen LogP contribution in [0.3, 0.4) is 0 Å². The van der Waals surface area contributed by atoms with Crippen molar-refractivity contribution in [3.63, 3.8) is 0 Å². The maximum absolute atomic E-state index is 5.64. The highest BCUT2D eigenvalue weighted by Crippen LogP contribution is 2.35. The molecule has 0 bridgehead atoms. The Balaban J connectivity index is 1.71. The lowest BCUT2D eigenvalue weighted by molar-refractivity contribution is 0.463. The summed E-state index contributed by atoms with van der Waals surface area (Å²) in [7, 11) is 0. The van der Waals surface area contributed by atoms with Gasteiger partial charge in [0.25, 0.3) is 0 Å². The van der Waals surface area contributed by atoms with E-state index in [9.17, 15) is 0 Å². The summed E-state index contributed by atoms with van der Waals surface area (Å²) in [5, 5.41) is 0.748. The topological polar surface area (TPSA) is 38.0 Å². The van der Waals surface area contributed by atoms with Crippen LogP contribution >= 0.6 is 23.5 Å². The smallest absolute Gasteiger partial charge is 0.0337 e. The molecular weight excluding hydrogens is 212 g/mol. The fraction of sp³-hybridized carbons (Fsp3) is 1.00. The average molecular weight is 232 g/mol. The number of hydrogen-bond donors (Lipinski definition) is 2. The van der Waals surface area contributed by atoms with E-state index in [4.69, 9.17) is 5.84 Å². The number of thioether (sulfide) groups is 2. The van der Waals surface area contributed by atoms with Gasteiger partial charge in [0.1, 0.15) is 0 Å². The van der Waals surface area contributed by atoms with E-state index in [1.807, 2.05) is 0 Å². The summed E-state index contributed by atoms with van der Waals surface area (Å²) in [6, 6.07) is 0.549. The van der Waals surface area contributed by atoms with E-state index in [1.54, 1.807) is 0 Å². The van der Waals surface area contributed by atoms with Crippen molar-refractivity contribution >= 4 is 23.5 Å². The second-order valence-electron chi connectivity index (χ2n) is 4.28. The van der Waals surface area contributed by atoms with Gasteiger partial charge in [0.2, 0.25) is 0 Å². The molecule has 0 aromatic rings. The maximum atomic E-state index is 5.64. The van der Waals surface area contributed by atoms with Crippen LogP contribution in [-0.4, -0.2) is 28.6 Å².